The number of nitriles is 2. The van der Waals surface area contributed by atoms with Gasteiger partial charge in [-0.05, 0) is 0 Å². The summed E-state index contributed by atoms with van der Waals surface area (Å²) in [5, 5.41) is 16.2. The molecule has 0 aromatic rings. The maximum Gasteiger partial charge on any atom is 0.229 e. The summed E-state index contributed by atoms with van der Waals surface area (Å²) in [7, 11) is 0. The van der Waals surface area contributed by atoms with Gasteiger partial charge >= 0.3 is 0 Å². The van der Waals surface area contributed by atoms with Gasteiger partial charge < -0.3 is 0 Å². The minimum atomic E-state index is -1.53. The normalized spacial score (nSPS) is 9.50. The van der Waals surface area contributed by atoms with Crippen LogP contribution in [0.15, 0.2) is 0 Å². The van der Waals surface area contributed by atoms with Gasteiger partial charge in [0.1, 0.15) is 12.1 Å². The predicted molar refractivity (Wildman–Crippen MR) is 30.5 cm³/mol. The van der Waals surface area contributed by atoms with Gasteiger partial charge in [-0.15, -0.1) is 11.6 Å². The Kier molecular flexibility index (Phi) is 2.62. The molecule has 0 saturated heterocycles. The Hall–Kier alpha value is -0.440. The molecule has 4 heteroatoms. The molecule has 0 bridgehead atoms. The molecule has 0 fully saturated rings. The molecule has 0 rings (SSSR count). The van der Waals surface area contributed by atoms with Crippen molar-refractivity contribution < 1.29 is 0 Å². The van der Waals surface area contributed by atoms with Crippen LogP contribution in [0.2, 0.25) is 0 Å². The van der Waals surface area contributed by atoms with Gasteiger partial charge in [0.05, 0.1) is 5.88 Å². The quantitative estimate of drug-likeness (QED) is 0.526. The predicted octanol–water partition coefficient (Wildman–Crippen LogP) is 1.25. The molecule has 0 unspecified atom stereocenters. The second-order valence-electron chi connectivity index (χ2n) is 1.16. The van der Waals surface area contributed by atoms with E-state index in [2.05, 4.69) is 0 Å². The van der Waals surface area contributed by atoms with Gasteiger partial charge in [-0.1, -0.05) is 11.6 Å². The van der Waals surface area contributed by atoms with Gasteiger partial charge in [-0.25, -0.2) is 0 Å². The summed E-state index contributed by atoms with van der Waals surface area (Å²) in [5.74, 6) is -0.165. The van der Waals surface area contributed by atoms with Crippen LogP contribution in [-0.2, 0) is 0 Å². The summed E-state index contributed by atoms with van der Waals surface area (Å²) in [6, 6.07) is 3.10. The molecule has 0 aliphatic carbocycles. The average molecular weight is 149 g/mol. The fourth-order valence-electron chi connectivity index (χ4n) is 0.0848. The van der Waals surface area contributed by atoms with Gasteiger partial charge in [0.2, 0.25) is 4.87 Å². The third kappa shape index (κ3) is 1.58. The Morgan fingerprint density at radius 1 is 1.38 bits per heavy atom. The molecule has 0 spiro atoms. The smallest absolute Gasteiger partial charge is 0.195 e. The first-order chi connectivity index (χ1) is 3.68. The molecule has 0 atom stereocenters. The average Bonchev–Trinajstić information content (AvgIpc) is 1.87. The van der Waals surface area contributed by atoms with Crippen LogP contribution in [0.5, 0.6) is 0 Å². The molecule has 0 amide bonds. The highest BCUT2D eigenvalue weighted by Crippen LogP contribution is 2.13. The Morgan fingerprint density at radius 2 is 1.75 bits per heavy atom. The van der Waals surface area contributed by atoms with Gasteiger partial charge in [0.15, 0.2) is 0 Å². The van der Waals surface area contributed by atoms with Crippen LogP contribution < -0.4 is 0 Å². The van der Waals surface area contributed by atoms with Gasteiger partial charge in [0, 0.05) is 0 Å². The molecule has 0 aromatic heterocycles. The first-order valence-corrected chi connectivity index (χ1v) is 2.67. The highest BCUT2D eigenvalue weighted by molar-refractivity contribution is 6.33. The number of hydrogen-bond acceptors (Lipinski definition) is 2. The van der Waals surface area contributed by atoms with Crippen LogP contribution in [-0.4, -0.2) is 10.8 Å². The maximum absolute atomic E-state index is 8.10. The Labute approximate surface area is 57.2 Å². The zero-order chi connectivity index (χ0) is 6.62. The highest BCUT2D eigenvalue weighted by Gasteiger charge is 2.24. The molecular weight excluding hydrogens is 147 g/mol. The van der Waals surface area contributed by atoms with Crippen molar-refractivity contribution in [2.24, 2.45) is 0 Å². The standard InChI is InChI=1S/C4H2Cl2N2/c5-1-4(6,2-7)3-8/h1H2. The second-order valence-corrected chi connectivity index (χ2v) is 2.07. The lowest BCUT2D eigenvalue weighted by molar-refractivity contribution is 1.03. The summed E-state index contributed by atoms with van der Waals surface area (Å²) in [6.07, 6.45) is 0. The van der Waals surface area contributed by atoms with Crippen LogP contribution in [0, 0.1) is 22.7 Å². The molecule has 0 aliphatic heterocycles. The van der Waals surface area contributed by atoms with Crippen molar-refractivity contribution >= 4 is 23.2 Å². The van der Waals surface area contributed by atoms with Crippen LogP contribution in [0.25, 0.3) is 0 Å². The number of halogens is 2. The third-order valence-electron chi connectivity index (χ3n) is 0.539. The largest absolute Gasteiger partial charge is 0.229 e. The lowest BCUT2D eigenvalue weighted by atomic mass is 10.2. The highest BCUT2D eigenvalue weighted by atomic mass is 35.5. The summed E-state index contributed by atoms with van der Waals surface area (Å²) in [5.41, 5.74) is 0. The lowest BCUT2D eigenvalue weighted by Crippen LogP contribution is -2.17. The monoisotopic (exact) mass is 148 g/mol. The number of rotatable bonds is 1. The lowest BCUT2D eigenvalue weighted by Gasteiger charge is -1.99. The van der Waals surface area contributed by atoms with E-state index >= 15 is 0 Å². The van der Waals surface area contributed by atoms with Crippen LogP contribution in [0.3, 0.4) is 0 Å². The minimum Gasteiger partial charge on any atom is -0.195 e. The minimum absolute atomic E-state index is 0.165. The van der Waals surface area contributed by atoms with Crippen molar-refractivity contribution in [3.63, 3.8) is 0 Å². The number of nitrogens with zero attached hydrogens (tertiary/aromatic N) is 2. The topological polar surface area (TPSA) is 47.6 Å². The van der Waals surface area contributed by atoms with E-state index in [0.29, 0.717) is 0 Å². The molecule has 0 N–H and O–H groups in total. The van der Waals surface area contributed by atoms with Crippen molar-refractivity contribution in [1.82, 2.24) is 0 Å². The Balaban J connectivity index is 4.11. The first kappa shape index (κ1) is 7.56. The van der Waals surface area contributed by atoms with Crippen LogP contribution >= 0.6 is 23.2 Å². The molecule has 0 heterocycles. The van der Waals surface area contributed by atoms with E-state index in [-0.39, 0.29) is 5.88 Å². The zero-order valence-electron chi connectivity index (χ0n) is 3.86. The number of hydrogen-bond donors (Lipinski definition) is 0. The fraction of sp³-hybridized carbons (Fsp3) is 0.500. The van der Waals surface area contributed by atoms with E-state index < -0.39 is 4.87 Å². The number of alkyl halides is 2. The molecule has 0 saturated carbocycles. The van der Waals surface area contributed by atoms with Gasteiger partial charge in [-0.2, -0.15) is 10.5 Å². The van der Waals surface area contributed by atoms with Crippen molar-refractivity contribution in [2.75, 3.05) is 5.88 Å². The van der Waals surface area contributed by atoms with E-state index in [1.807, 2.05) is 0 Å². The van der Waals surface area contributed by atoms with Gasteiger partial charge in [-0.3, -0.25) is 0 Å². The third-order valence-corrected chi connectivity index (χ3v) is 1.38. The fourth-order valence-corrected chi connectivity index (χ4v) is 0.204. The van der Waals surface area contributed by atoms with E-state index in [9.17, 15) is 0 Å². The molecule has 2 nitrogen and oxygen atoms in total. The SMILES string of the molecule is N#CC(Cl)(C#N)CCl. The Morgan fingerprint density at radius 3 is 1.75 bits per heavy atom. The maximum atomic E-state index is 8.10. The Bertz CT molecular complexity index is 138. The van der Waals surface area contributed by atoms with E-state index in [1.165, 1.54) is 0 Å². The molecule has 8 heavy (non-hydrogen) atoms. The summed E-state index contributed by atoms with van der Waals surface area (Å²) in [6.45, 7) is 0. The van der Waals surface area contributed by atoms with E-state index in [4.69, 9.17) is 33.7 Å². The van der Waals surface area contributed by atoms with Crippen molar-refractivity contribution in [3.05, 3.63) is 0 Å². The molecule has 0 aromatic carbocycles. The van der Waals surface area contributed by atoms with Crippen molar-refractivity contribution in [3.8, 4) is 12.1 Å². The van der Waals surface area contributed by atoms with Crippen LogP contribution in [0.1, 0.15) is 0 Å². The summed E-state index contributed by atoms with van der Waals surface area (Å²) in [4.78, 5) is -1.53. The summed E-state index contributed by atoms with van der Waals surface area (Å²) < 4.78 is 0. The van der Waals surface area contributed by atoms with E-state index in [1.54, 1.807) is 12.1 Å². The zero-order valence-corrected chi connectivity index (χ0v) is 5.37. The molecule has 0 aliphatic rings. The van der Waals surface area contributed by atoms with Gasteiger partial charge in [0.25, 0.3) is 0 Å². The first-order valence-electron chi connectivity index (χ1n) is 1.76. The van der Waals surface area contributed by atoms with Crippen molar-refractivity contribution in [2.45, 2.75) is 4.87 Å². The molecule has 42 valence electrons. The van der Waals surface area contributed by atoms with Crippen LogP contribution in [0.4, 0.5) is 0 Å². The van der Waals surface area contributed by atoms with E-state index in [0.717, 1.165) is 0 Å². The van der Waals surface area contributed by atoms with Crippen molar-refractivity contribution in [1.29, 1.82) is 10.5 Å². The molecular formula is C4H2Cl2N2. The summed E-state index contributed by atoms with van der Waals surface area (Å²) >= 11 is 10.4. The molecule has 0 radical (unpaired) electrons. The second kappa shape index (κ2) is 2.77.